The van der Waals surface area contributed by atoms with Crippen LogP contribution in [0.5, 0.6) is 0 Å². The van der Waals surface area contributed by atoms with Crippen LogP contribution in [-0.2, 0) is 4.74 Å². The first-order chi connectivity index (χ1) is 7.18. The predicted molar refractivity (Wildman–Crippen MR) is 62.0 cm³/mol. The van der Waals surface area contributed by atoms with Crippen molar-refractivity contribution in [3.05, 3.63) is 11.6 Å². The lowest BCUT2D eigenvalue weighted by molar-refractivity contribution is -0.0717. The average molecular weight is 210 g/mol. The van der Waals surface area contributed by atoms with Gasteiger partial charge in [0.1, 0.15) is 0 Å². The molecule has 3 heteroatoms. The van der Waals surface area contributed by atoms with Crippen molar-refractivity contribution >= 4 is 0 Å². The number of rotatable bonds is 4. The zero-order valence-corrected chi connectivity index (χ0v) is 9.88. The molecule has 0 aromatic carbocycles. The highest BCUT2D eigenvalue weighted by Gasteiger charge is 2.32. The first-order valence-corrected chi connectivity index (χ1v) is 5.91. The second-order valence-corrected chi connectivity index (χ2v) is 5.00. The van der Waals surface area contributed by atoms with Gasteiger partial charge in [-0.1, -0.05) is 11.6 Å². The summed E-state index contributed by atoms with van der Waals surface area (Å²) in [6.45, 7) is 10.6. The fourth-order valence-corrected chi connectivity index (χ4v) is 2.02. The lowest BCUT2D eigenvalue weighted by Gasteiger charge is -2.39. The Morgan fingerprint density at radius 3 is 2.87 bits per heavy atom. The third kappa shape index (κ3) is 3.03. The Morgan fingerprint density at radius 2 is 2.33 bits per heavy atom. The highest BCUT2D eigenvalue weighted by atomic mass is 16.5. The third-order valence-corrected chi connectivity index (χ3v) is 3.38. The summed E-state index contributed by atoms with van der Waals surface area (Å²) < 4.78 is 5.87. The molecule has 2 heterocycles. The Bertz CT molecular complexity index is 246. The lowest BCUT2D eigenvalue weighted by atomic mass is 10.0. The van der Waals surface area contributed by atoms with Crippen molar-refractivity contribution in [2.75, 3.05) is 39.3 Å². The van der Waals surface area contributed by atoms with Gasteiger partial charge in [0.2, 0.25) is 0 Å². The summed E-state index contributed by atoms with van der Waals surface area (Å²) in [5.41, 5.74) is 1.64. The molecule has 3 nitrogen and oxygen atoms in total. The summed E-state index contributed by atoms with van der Waals surface area (Å²) >= 11 is 0. The topological polar surface area (TPSA) is 24.5 Å². The van der Waals surface area contributed by atoms with Gasteiger partial charge in [0.15, 0.2) is 0 Å². The molecule has 0 aromatic rings. The number of hydrogen-bond acceptors (Lipinski definition) is 3. The molecule has 15 heavy (non-hydrogen) atoms. The molecule has 0 saturated carbocycles. The van der Waals surface area contributed by atoms with Crippen LogP contribution in [0, 0.1) is 0 Å². The zero-order valence-electron chi connectivity index (χ0n) is 9.88. The molecule has 2 aliphatic heterocycles. The van der Waals surface area contributed by atoms with Crippen molar-refractivity contribution in [1.29, 1.82) is 0 Å². The number of nitrogens with zero attached hydrogens (tertiary/aromatic N) is 1. The fourth-order valence-electron chi connectivity index (χ4n) is 2.02. The highest BCUT2D eigenvalue weighted by Crippen LogP contribution is 2.15. The standard InChI is InChI=1S/C12H22N2O/c1-11-3-5-14(6-4-11)7-8-15-12(2)9-13-10-12/h3,13H,4-10H2,1-2H3. The minimum atomic E-state index is 0.113. The van der Waals surface area contributed by atoms with Gasteiger partial charge in [0.05, 0.1) is 12.2 Å². The van der Waals surface area contributed by atoms with Crippen LogP contribution in [0.25, 0.3) is 0 Å². The maximum Gasteiger partial charge on any atom is 0.0902 e. The normalized spacial score (nSPS) is 25.9. The minimum Gasteiger partial charge on any atom is -0.371 e. The van der Waals surface area contributed by atoms with Gasteiger partial charge in [-0.3, -0.25) is 4.90 Å². The van der Waals surface area contributed by atoms with Gasteiger partial charge in [-0.05, 0) is 20.3 Å². The Hall–Kier alpha value is -0.380. The first-order valence-electron chi connectivity index (χ1n) is 5.91. The molecule has 0 bridgehead atoms. The van der Waals surface area contributed by atoms with Crippen molar-refractivity contribution in [2.24, 2.45) is 0 Å². The van der Waals surface area contributed by atoms with Gasteiger partial charge in [-0.15, -0.1) is 0 Å². The lowest BCUT2D eigenvalue weighted by Crippen LogP contribution is -2.59. The van der Waals surface area contributed by atoms with Gasteiger partial charge >= 0.3 is 0 Å². The second-order valence-electron chi connectivity index (χ2n) is 5.00. The number of hydrogen-bond donors (Lipinski definition) is 1. The van der Waals surface area contributed by atoms with Gasteiger partial charge in [-0.2, -0.15) is 0 Å². The van der Waals surface area contributed by atoms with E-state index in [2.05, 4.69) is 30.1 Å². The monoisotopic (exact) mass is 210 g/mol. The minimum absolute atomic E-state index is 0.113. The molecule has 0 unspecified atom stereocenters. The van der Waals surface area contributed by atoms with E-state index in [9.17, 15) is 0 Å². The van der Waals surface area contributed by atoms with Crippen LogP contribution < -0.4 is 5.32 Å². The van der Waals surface area contributed by atoms with Crippen molar-refractivity contribution in [1.82, 2.24) is 10.2 Å². The summed E-state index contributed by atoms with van der Waals surface area (Å²) in [6.07, 6.45) is 3.55. The molecule has 1 N–H and O–H groups in total. The molecule has 2 rings (SSSR count). The molecular weight excluding hydrogens is 188 g/mol. The molecular formula is C12H22N2O. The summed E-state index contributed by atoms with van der Waals surface area (Å²) in [7, 11) is 0. The van der Waals surface area contributed by atoms with E-state index in [-0.39, 0.29) is 5.60 Å². The van der Waals surface area contributed by atoms with Crippen LogP contribution in [-0.4, -0.2) is 49.8 Å². The van der Waals surface area contributed by atoms with Crippen molar-refractivity contribution in [3.63, 3.8) is 0 Å². The number of nitrogens with one attached hydrogen (secondary N) is 1. The Morgan fingerprint density at radius 1 is 1.53 bits per heavy atom. The Balaban J connectivity index is 1.62. The predicted octanol–water partition coefficient (Wildman–Crippen LogP) is 1.02. The third-order valence-electron chi connectivity index (χ3n) is 3.38. The number of ether oxygens (including phenoxy) is 1. The van der Waals surface area contributed by atoms with Gasteiger partial charge < -0.3 is 10.1 Å². The van der Waals surface area contributed by atoms with E-state index in [1.165, 1.54) is 18.5 Å². The molecule has 0 atom stereocenters. The van der Waals surface area contributed by atoms with E-state index in [0.717, 1.165) is 32.8 Å². The van der Waals surface area contributed by atoms with Gasteiger partial charge in [0.25, 0.3) is 0 Å². The summed E-state index contributed by atoms with van der Waals surface area (Å²) in [5.74, 6) is 0. The summed E-state index contributed by atoms with van der Waals surface area (Å²) in [6, 6.07) is 0. The Labute approximate surface area is 92.5 Å². The molecule has 0 radical (unpaired) electrons. The van der Waals surface area contributed by atoms with E-state index >= 15 is 0 Å². The second kappa shape index (κ2) is 4.64. The fraction of sp³-hybridized carbons (Fsp3) is 0.833. The average Bonchev–Trinajstić information content (AvgIpc) is 2.19. The molecule has 86 valence electrons. The van der Waals surface area contributed by atoms with Crippen LogP contribution in [0.15, 0.2) is 11.6 Å². The van der Waals surface area contributed by atoms with Gasteiger partial charge in [-0.25, -0.2) is 0 Å². The maximum atomic E-state index is 5.87. The maximum absolute atomic E-state index is 5.87. The van der Waals surface area contributed by atoms with Crippen molar-refractivity contribution in [2.45, 2.75) is 25.9 Å². The molecule has 0 spiro atoms. The quantitative estimate of drug-likeness (QED) is 0.701. The zero-order chi connectivity index (χ0) is 10.7. The van der Waals surface area contributed by atoms with E-state index in [1.807, 2.05) is 0 Å². The van der Waals surface area contributed by atoms with E-state index in [0.29, 0.717) is 0 Å². The highest BCUT2D eigenvalue weighted by molar-refractivity contribution is 5.03. The smallest absolute Gasteiger partial charge is 0.0902 e. The molecule has 2 aliphatic rings. The van der Waals surface area contributed by atoms with E-state index in [1.54, 1.807) is 0 Å². The molecule has 1 fully saturated rings. The summed E-state index contributed by atoms with van der Waals surface area (Å²) in [5, 5.41) is 3.25. The largest absolute Gasteiger partial charge is 0.371 e. The van der Waals surface area contributed by atoms with Crippen LogP contribution in [0.2, 0.25) is 0 Å². The van der Waals surface area contributed by atoms with Crippen molar-refractivity contribution < 1.29 is 4.74 Å². The molecule has 1 saturated heterocycles. The van der Waals surface area contributed by atoms with E-state index < -0.39 is 0 Å². The van der Waals surface area contributed by atoms with Crippen LogP contribution in [0.3, 0.4) is 0 Å². The molecule has 0 amide bonds. The Kier molecular flexibility index (Phi) is 3.44. The summed E-state index contributed by atoms with van der Waals surface area (Å²) in [4.78, 5) is 2.46. The molecule has 0 aliphatic carbocycles. The first kappa shape index (κ1) is 11.1. The van der Waals surface area contributed by atoms with Gasteiger partial charge in [0, 0.05) is 32.7 Å². The molecule has 0 aromatic heterocycles. The van der Waals surface area contributed by atoms with Crippen LogP contribution in [0.1, 0.15) is 20.3 Å². The van der Waals surface area contributed by atoms with Crippen molar-refractivity contribution in [3.8, 4) is 0 Å². The SMILES string of the molecule is CC1=CCN(CCOC2(C)CNC2)CC1. The van der Waals surface area contributed by atoms with Crippen LogP contribution >= 0.6 is 0 Å². The van der Waals surface area contributed by atoms with E-state index in [4.69, 9.17) is 4.74 Å². The van der Waals surface area contributed by atoms with Crippen LogP contribution in [0.4, 0.5) is 0 Å².